The Balaban J connectivity index is 2.22. The number of hydrogen-bond donors (Lipinski definition) is 1. The second-order valence-corrected chi connectivity index (χ2v) is 5.58. The van der Waals surface area contributed by atoms with E-state index in [1.54, 1.807) is 29.4 Å². The molecular formula is C16H22N2O3. The van der Waals surface area contributed by atoms with Crippen LogP contribution < -0.4 is 4.90 Å². The van der Waals surface area contributed by atoms with E-state index in [0.717, 1.165) is 12.1 Å². The van der Waals surface area contributed by atoms with Crippen LogP contribution in [0.2, 0.25) is 0 Å². The number of nitrogens with zero attached hydrogens (tertiary/aromatic N) is 2. The molecule has 1 heterocycles. The van der Waals surface area contributed by atoms with Crippen LogP contribution in [0.15, 0.2) is 24.5 Å². The molecule has 114 valence electrons. The normalized spacial score (nSPS) is 24.8. The summed E-state index contributed by atoms with van der Waals surface area (Å²) in [6, 6.07) is 3.56. The smallest absolute Gasteiger partial charge is 0.307 e. The van der Waals surface area contributed by atoms with Crippen LogP contribution in [0.4, 0.5) is 5.69 Å². The molecule has 0 saturated heterocycles. The number of hydrogen-bond acceptors (Lipinski definition) is 3. The number of aromatic nitrogens is 1. The molecule has 3 atom stereocenters. The molecule has 1 N–H and O–H groups in total. The van der Waals surface area contributed by atoms with Crippen molar-refractivity contribution in [3.05, 3.63) is 24.5 Å². The van der Waals surface area contributed by atoms with Crippen LogP contribution in [0.3, 0.4) is 0 Å². The minimum Gasteiger partial charge on any atom is -0.481 e. The topological polar surface area (TPSA) is 70.5 Å². The van der Waals surface area contributed by atoms with E-state index in [4.69, 9.17) is 0 Å². The average molecular weight is 290 g/mol. The summed E-state index contributed by atoms with van der Waals surface area (Å²) < 4.78 is 0. The molecule has 0 bridgehead atoms. The number of anilines is 1. The Morgan fingerprint density at radius 2 is 1.86 bits per heavy atom. The van der Waals surface area contributed by atoms with E-state index in [1.807, 2.05) is 6.92 Å². The third kappa shape index (κ3) is 3.23. The minimum absolute atomic E-state index is 0.0768. The van der Waals surface area contributed by atoms with Crippen molar-refractivity contribution in [3.8, 4) is 0 Å². The Bertz CT molecular complexity index is 504. The van der Waals surface area contributed by atoms with E-state index in [0.29, 0.717) is 25.3 Å². The molecule has 1 saturated carbocycles. The van der Waals surface area contributed by atoms with Crippen LogP contribution >= 0.6 is 0 Å². The number of carbonyl (C=O) groups is 2. The second kappa shape index (κ2) is 6.70. The lowest BCUT2D eigenvalue weighted by Crippen LogP contribution is -2.39. The molecule has 1 aliphatic carbocycles. The molecule has 1 unspecified atom stereocenters. The number of rotatable bonds is 5. The van der Waals surface area contributed by atoms with Crippen LogP contribution in [-0.4, -0.2) is 28.5 Å². The van der Waals surface area contributed by atoms with Crippen molar-refractivity contribution in [2.45, 2.75) is 33.1 Å². The maximum Gasteiger partial charge on any atom is 0.307 e. The number of carbonyl (C=O) groups excluding carboxylic acids is 1. The van der Waals surface area contributed by atoms with Gasteiger partial charge in [-0.25, -0.2) is 0 Å². The first-order chi connectivity index (χ1) is 10.1. The molecule has 1 aliphatic rings. The van der Waals surface area contributed by atoms with Gasteiger partial charge in [0.1, 0.15) is 0 Å². The van der Waals surface area contributed by atoms with E-state index in [9.17, 15) is 14.7 Å². The number of carboxylic acids is 1. The molecule has 0 spiro atoms. The zero-order valence-corrected chi connectivity index (χ0v) is 12.5. The maximum atomic E-state index is 12.8. The SMILES string of the molecule is CCC1C[C@H](C(=O)N(CC)c2ccncc2)[C@H](C(=O)O)C1. The molecule has 1 aromatic heterocycles. The summed E-state index contributed by atoms with van der Waals surface area (Å²) in [7, 11) is 0. The molecular weight excluding hydrogens is 268 g/mol. The quantitative estimate of drug-likeness (QED) is 0.904. The predicted octanol–water partition coefficient (Wildman–Crippen LogP) is 2.57. The standard InChI is InChI=1S/C16H22N2O3/c1-3-11-9-13(14(10-11)16(20)21)15(19)18(4-2)12-5-7-17-8-6-12/h5-8,11,13-14H,3-4,9-10H2,1-2H3,(H,20,21)/t11?,13-,14+/m0/s1. The van der Waals surface area contributed by atoms with Crippen LogP contribution in [0.25, 0.3) is 0 Å². The molecule has 5 nitrogen and oxygen atoms in total. The third-order valence-electron chi connectivity index (χ3n) is 4.43. The fraction of sp³-hybridized carbons (Fsp3) is 0.562. The molecule has 21 heavy (non-hydrogen) atoms. The van der Waals surface area contributed by atoms with Gasteiger partial charge in [0.05, 0.1) is 11.8 Å². The number of pyridine rings is 1. The summed E-state index contributed by atoms with van der Waals surface area (Å²) in [5.74, 6) is -1.57. The first kappa shape index (κ1) is 15.5. The Morgan fingerprint density at radius 1 is 1.24 bits per heavy atom. The van der Waals surface area contributed by atoms with Gasteiger partial charge in [-0.1, -0.05) is 13.3 Å². The molecule has 2 rings (SSSR count). The van der Waals surface area contributed by atoms with Crippen molar-refractivity contribution in [2.75, 3.05) is 11.4 Å². The third-order valence-corrected chi connectivity index (χ3v) is 4.43. The molecule has 1 fully saturated rings. The van der Waals surface area contributed by atoms with Gasteiger partial charge in [-0.2, -0.15) is 0 Å². The van der Waals surface area contributed by atoms with Crippen LogP contribution in [0.1, 0.15) is 33.1 Å². The Kier molecular flexibility index (Phi) is 4.94. The van der Waals surface area contributed by atoms with Gasteiger partial charge in [0, 0.05) is 24.6 Å². The van der Waals surface area contributed by atoms with Crippen molar-refractivity contribution >= 4 is 17.6 Å². The van der Waals surface area contributed by atoms with E-state index in [-0.39, 0.29) is 5.91 Å². The monoisotopic (exact) mass is 290 g/mol. The minimum atomic E-state index is -0.852. The first-order valence-electron chi connectivity index (χ1n) is 7.52. The highest BCUT2D eigenvalue weighted by atomic mass is 16.4. The van der Waals surface area contributed by atoms with Gasteiger partial charge in [0.2, 0.25) is 5.91 Å². The maximum absolute atomic E-state index is 12.8. The van der Waals surface area contributed by atoms with Gasteiger partial charge in [-0.05, 0) is 37.8 Å². The molecule has 0 aromatic carbocycles. The summed E-state index contributed by atoms with van der Waals surface area (Å²) in [4.78, 5) is 29.9. The summed E-state index contributed by atoms with van der Waals surface area (Å²) in [5.41, 5.74) is 0.779. The van der Waals surface area contributed by atoms with E-state index in [1.165, 1.54) is 0 Å². The largest absolute Gasteiger partial charge is 0.481 e. The van der Waals surface area contributed by atoms with Crippen LogP contribution in [0, 0.1) is 17.8 Å². The molecule has 0 aliphatic heterocycles. The van der Waals surface area contributed by atoms with Gasteiger partial charge in [0.15, 0.2) is 0 Å². The fourth-order valence-corrected chi connectivity index (χ4v) is 3.21. The molecule has 0 radical (unpaired) electrons. The van der Waals surface area contributed by atoms with Crippen molar-refractivity contribution in [1.29, 1.82) is 0 Å². The lowest BCUT2D eigenvalue weighted by Gasteiger charge is -2.26. The fourth-order valence-electron chi connectivity index (χ4n) is 3.21. The summed E-state index contributed by atoms with van der Waals surface area (Å²) in [6.07, 6.45) is 5.49. The zero-order chi connectivity index (χ0) is 15.4. The van der Waals surface area contributed by atoms with E-state index in [2.05, 4.69) is 11.9 Å². The number of amides is 1. The van der Waals surface area contributed by atoms with Gasteiger partial charge >= 0.3 is 5.97 Å². The van der Waals surface area contributed by atoms with Gasteiger partial charge in [-0.15, -0.1) is 0 Å². The highest BCUT2D eigenvalue weighted by Gasteiger charge is 2.43. The van der Waals surface area contributed by atoms with Crippen molar-refractivity contribution in [1.82, 2.24) is 4.98 Å². The molecule has 1 amide bonds. The Hall–Kier alpha value is -1.91. The van der Waals surface area contributed by atoms with Crippen molar-refractivity contribution in [3.63, 3.8) is 0 Å². The summed E-state index contributed by atoms with van der Waals surface area (Å²) in [5, 5.41) is 9.39. The van der Waals surface area contributed by atoms with Crippen LogP contribution in [0.5, 0.6) is 0 Å². The Labute approximate surface area is 125 Å². The van der Waals surface area contributed by atoms with Crippen molar-refractivity contribution in [2.24, 2.45) is 17.8 Å². The highest BCUT2D eigenvalue weighted by Crippen LogP contribution is 2.39. The lowest BCUT2D eigenvalue weighted by atomic mass is 9.94. The lowest BCUT2D eigenvalue weighted by molar-refractivity contribution is -0.145. The summed E-state index contributed by atoms with van der Waals surface area (Å²) in [6.45, 7) is 4.49. The average Bonchev–Trinajstić information content (AvgIpc) is 2.93. The summed E-state index contributed by atoms with van der Waals surface area (Å²) >= 11 is 0. The van der Waals surface area contributed by atoms with E-state index >= 15 is 0 Å². The van der Waals surface area contributed by atoms with Crippen molar-refractivity contribution < 1.29 is 14.7 Å². The number of aliphatic carboxylic acids is 1. The van der Waals surface area contributed by atoms with Gasteiger partial charge in [0.25, 0.3) is 0 Å². The predicted molar refractivity (Wildman–Crippen MR) is 79.9 cm³/mol. The van der Waals surface area contributed by atoms with Gasteiger partial charge in [-0.3, -0.25) is 14.6 Å². The zero-order valence-electron chi connectivity index (χ0n) is 12.5. The molecule has 1 aromatic rings. The Morgan fingerprint density at radius 3 is 2.38 bits per heavy atom. The highest BCUT2D eigenvalue weighted by molar-refractivity contribution is 5.97. The molecule has 5 heteroatoms. The number of carboxylic acid groups (broad SMARTS) is 1. The van der Waals surface area contributed by atoms with E-state index < -0.39 is 17.8 Å². The first-order valence-corrected chi connectivity index (χ1v) is 7.52. The second-order valence-electron chi connectivity index (χ2n) is 5.58. The van der Waals surface area contributed by atoms with Crippen LogP contribution in [-0.2, 0) is 9.59 Å². The van der Waals surface area contributed by atoms with Gasteiger partial charge < -0.3 is 10.0 Å².